The second kappa shape index (κ2) is 8.27. The van der Waals surface area contributed by atoms with Gasteiger partial charge in [0.1, 0.15) is 6.67 Å². The molecule has 0 aliphatic carbocycles. The Kier molecular flexibility index (Phi) is 5.35. The molecule has 3 heterocycles. The van der Waals surface area contributed by atoms with Crippen LogP contribution in [0.25, 0.3) is 0 Å². The number of anilines is 2. The molecule has 4 rings (SSSR count). The van der Waals surface area contributed by atoms with E-state index in [2.05, 4.69) is 25.9 Å². The van der Waals surface area contributed by atoms with Crippen LogP contribution < -0.4 is 10.6 Å². The Hall–Kier alpha value is -4.21. The molecular weight excluding hydrogens is 396 g/mol. The van der Waals surface area contributed by atoms with Gasteiger partial charge in [-0.1, -0.05) is 0 Å². The Balaban J connectivity index is 1.36. The molecule has 158 valence electrons. The molecule has 0 atom stereocenters. The Morgan fingerprint density at radius 1 is 0.839 bits per heavy atom. The minimum Gasteiger partial charge on any atom is -0.321 e. The lowest BCUT2D eigenvalue weighted by Crippen LogP contribution is -2.16. The molecule has 2 N–H and O–H groups in total. The molecule has 0 bridgehead atoms. The first-order chi connectivity index (χ1) is 14.9. The molecule has 3 aromatic heterocycles. The fourth-order valence-electron chi connectivity index (χ4n) is 3.08. The van der Waals surface area contributed by atoms with Gasteiger partial charge < -0.3 is 10.6 Å². The number of rotatable bonds is 6. The predicted molar refractivity (Wildman–Crippen MR) is 115 cm³/mol. The maximum absolute atomic E-state index is 12.5. The second-order valence-corrected chi connectivity index (χ2v) is 7.17. The van der Waals surface area contributed by atoms with E-state index in [1.54, 1.807) is 65.2 Å². The van der Waals surface area contributed by atoms with E-state index in [0.717, 1.165) is 11.4 Å². The maximum atomic E-state index is 12.5. The first-order valence-electron chi connectivity index (χ1n) is 9.64. The lowest BCUT2D eigenvalue weighted by atomic mass is 10.2. The van der Waals surface area contributed by atoms with E-state index in [1.165, 1.54) is 0 Å². The summed E-state index contributed by atoms with van der Waals surface area (Å²) in [5.74, 6) is -0.622. The van der Waals surface area contributed by atoms with Crippen molar-refractivity contribution in [1.82, 2.24) is 29.3 Å². The number of amides is 2. The first-order valence-corrected chi connectivity index (χ1v) is 9.64. The highest BCUT2D eigenvalue weighted by Crippen LogP contribution is 2.15. The van der Waals surface area contributed by atoms with Gasteiger partial charge in [-0.05, 0) is 56.3 Å². The molecule has 1 aromatic carbocycles. The zero-order valence-electron chi connectivity index (χ0n) is 17.4. The normalized spacial score (nSPS) is 10.8. The van der Waals surface area contributed by atoms with Crippen LogP contribution in [-0.2, 0) is 13.7 Å². The summed E-state index contributed by atoms with van der Waals surface area (Å²) in [5, 5.41) is 18.3. The van der Waals surface area contributed by atoms with E-state index in [9.17, 15) is 9.59 Å². The third-order valence-corrected chi connectivity index (χ3v) is 4.60. The number of carbonyl (C=O) groups is 2. The highest BCUT2D eigenvalue weighted by molar-refractivity contribution is 6.04. The number of nitrogens with zero attached hydrogens (tertiary/aromatic N) is 6. The predicted octanol–water partition coefficient (Wildman–Crippen LogP) is 2.44. The monoisotopic (exact) mass is 418 g/mol. The fraction of sp³-hybridized carbons (Fsp3) is 0.190. The van der Waals surface area contributed by atoms with E-state index in [4.69, 9.17) is 0 Å². The number of carbonyl (C=O) groups excluding carboxylic acids is 2. The quantitative estimate of drug-likeness (QED) is 0.500. The molecule has 0 aliphatic heterocycles. The zero-order valence-corrected chi connectivity index (χ0v) is 17.4. The number of nitrogens with one attached hydrogen (secondary N) is 2. The largest absolute Gasteiger partial charge is 0.321 e. The molecule has 2 amide bonds. The van der Waals surface area contributed by atoms with Crippen LogP contribution in [0.3, 0.4) is 0 Å². The van der Waals surface area contributed by atoms with Crippen molar-refractivity contribution in [2.75, 3.05) is 10.6 Å². The maximum Gasteiger partial charge on any atom is 0.276 e. The number of aryl methyl sites for hydroxylation is 3. The van der Waals surface area contributed by atoms with Gasteiger partial charge in [-0.15, -0.1) is 0 Å². The minimum absolute atomic E-state index is 0.300. The molecule has 0 radical (unpaired) electrons. The summed E-state index contributed by atoms with van der Waals surface area (Å²) in [6.07, 6.45) is 3.44. The average Bonchev–Trinajstić information content (AvgIpc) is 3.44. The van der Waals surface area contributed by atoms with Crippen LogP contribution >= 0.6 is 0 Å². The molecule has 10 nitrogen and oxygen atoms in total. The lowest BCUT2D eigenvalue weighted by Gasteiger charge is -2.07. The summed E-state index contributed by atoms with van der Waals surface area (Å²) in [4.78, 5) is 24.7. The summed E-state index contributed by atoms with van der Waals surface area (Å²) in [5.41, 5.74) is 3.78. The van der Waals surface area contributed by atoms with Gasteiger partial charge >= 0.3 is 0 Å². The number of benzene rings is 1. The van der Waals surface area contributed by atoms with Gasteiger partial charge in [0.15, 0.2) is 11.4 Å². The van der Waals surface area contributed by atoms with Crippen LogP contribution in [0, 0.1) is 13.8 Å². The number of aromatic nitrogens is 6. The Morgan fingerprint density at radius 2 is 1.42 bits per heavy atom. The first kappa shape index (κ1) is 20.1. The van der Waals surface area contributed by atoms with Crippen LogP contribution in [0.2, 0.25) is 0 Å². The van der Waals surface area contributed by atoms with Crippen molar-refractivity contribution in [3.05, 3.63) is 77.6 Å². The molecular formula is C21H22N8O2. The zero-order chi connectivity index (χ0) is 22.0. The molecule has 0 saturated carbocycles. The summed E-state index contributed by atoms with van der Waals surface area (Å²) in [7, 11) is 1.75. The third kappa shape index (κ3) is 4.69. The van der Waals surface area contributed by atoms with Crippen LogP contribution in [0.4, 0.5) is 11.4 Å². The van der Waals surface area contributed by atoms with Gasteiger partial charge in [-0.25, -0.2) is 4.68 Å². The van der Waals surface area contributed by atoms with Gasteiger partial charge in [-0.2, -0.15) is 15.3 Å². The average molecular weight is 418 g/mol. The van der Waals surface area contributed by atoms with Crippen molar-refractivity contribution in [2.24, 2.45) is 7.05 Å². The number of hydrogen-bond acceptors (Lipinski definition) is 5. The van der Waals surface area contributed by atoms with Crippen LogP contribution in [0.15, 0.2) is 54.9 Å². The minimum atomic E-state index is -0.322. The molecule has 0 aliphatic rings. The number of hydrogen-bond donors (Lipinski definition) is 2. The van der Waals surface area contributed by atoms with Gasteiger partial charge in [-0.3, -0.25) is 19.0 Å². The fourth-order valence-corrected chi connectivity index (χ4v) is 3.08. The van der Waals surface area contributed by atoms with E-state index < -0.39 is 0 Å². The van der Waals surface area contributed by atoms with Gasteiger partial charge in [0.25, 0.3) is 11.8 Å². The lowest BCUT2D eigenvalue weighted by molar-refractivity contribution is 0.101. The van der Waals surface area contributed by atoms with Crippen molar-refractivity contribution >= 4 is 23.2 Å². The molecule has 4 aromatic rings. The van der Waals surface area contributed by atoms with E-state index >= 15 is 0 Å². The highest BCUT2D eigenvalue weighted by atomic mass is 16.2. The van der Waals surface area contributed by atoms with Gasteiger partial charge in [0, 0.05) is 36.5 Å². The smallest absolute Gasteiger partial charge is 0.276 e. The van der Waals surface area contributed by atoms with Gasteiger partial charge in [0.05, 0.1) is 5.69 Å². The van der Waals surface area contributed by atoms with Crippen LogP contribution in [-0.4, -0.2) is 41.2 Å². The van der Waals surface area contributed by atoms with Crippen molar-refractivity contribution in [3.63, 3.8) is 0 Å². The summed E-state index contributed by atoms with van der Waals surface area (Å²) >= 11 is 0. The molecule has 31 heavy (non-hydrogen) atoms. The van der Waals surface area contributed by atoms with E-state index in [1.807, 2.05) is 24.6 Å². The van der Waals surface area contributed by atoms with Crippen molar-refractivity contribution in [3.8, 4) is 0 Å². The summed E-state index contributed by atoms with van der Waals surface area (Å²) < 4.78 is 5.04. The van der Waals surface area contributed by atoms with Crippen LogP contribution in [0.1, 0.15) is 32.4 Å². The van der Waals surface area contributed by atoms with Crippen molar-refractivity contribution < 1.29 is 9.59 Å². The van der Waals surface area contributed by atoms with E-state index in [-0.39, 0.29) is 11.8 Å². The Bertz CT molecular complexity index is 1230. The van der Waals surface area contributed by atoms with Gasteiger partial charge in [0.2, 0.25) is 0 Å². The molecule has 0 unspecified atom stereocenters. The SMILES string of the molecule is Cc1cc(C)n(Cn2ccc(C(=O)Nc3ccc(NC(=O)c4ccn(C)n4)cc3)n2)n1. The Labute approximate surface area is 178 Å². The van der Waals surface area contributed by atoms with Crippen molar-refractivity contribution in [1.29, 1.82) is 0 Å². The summed E-state index contributed by atoms with van der Waals surface area (Å²) in [6.45, 7) is 4.33. The second-order valence-electron chi connectivity index (χ2n) is 7.17. The third-order valence-electron chi connectivity index (χ3n) is 4.60. The van der Waals surface area contributed by atoms with E-state index in [0.29, 0.717) is 29.4 Å². The Morgan fingerprint density at radius 3 is 1.94 bits per heavy atom. The summed E-state index contributed by atoms with van der Waals surface area (Å²) in [6, 6.07) is 12.1. The topological polar surface area (TPSA) is 112 Å². The van der Waals surface area contributed by atoms with Crippen LogP contribution in [0.5, 0.6) is 0 Å². The molecule has 0 fully saturated rings. The molecule has 10 heteroatoms. The molecule has 0 spiro atoms. The highest BCUT2D eigenvalue weighted by Gasteiger charge is 2.12. The molecule has 0 saturated heterocycles. The van der Waals surface area contributed by atoms with Crippen molar-refractivity contribution in [2.45, 2.75) is 20.5 Å². The standard InChI is InChI=1S/C21H22N8O2/c1-14-12-15(2)29(24-14)13-28-11-9-19(26-28)21(31)23-17-6-4-16(5-7-17)22-20(30)18-8-10-27(3)25-18/h4-12H,13H2,1-3H3,(H,22,30)(H,23,31).